The van der Waals surface area contributed by atoms with Crippen molar-refractivity contribution >= 4 is 11.9 Å². The highest BCUT2D eigenvalue weighted by Gasteiger charge is 2.46. The molecule has 6 heteroatoms. The van der Waals surface area contributed by atoms with E-state index in [4.69, 9.17) is 9.47 Å². The van der Waals surface area contributed by atoms with Crippen molar-refractivity contribution in [3.8, 4) is 5.75 Å². The summed E-state index contributed by atoms with van der Waals surface area (Å²) in [6.45, 7) is 3.07. The highest BCUT2D eigenvalue weighted by atomic mass is 16.5. The highest BCUT2D eigenvalue weighted by molar-refractivity contribution is 5.95. The van der Waals surface area contributed by atoms with Gasteiger partial charge < -0.3 is 19.5 Å². The molecule has 1 N–H and O–H groups in total. The van der Waals surface area contributed by atoms with E-state index >= 15 is 0 Å². The number of benzene rings is 1. The SMILES string of the molecule is CCOc1cccc(C(=O)N2CCC(COC)(C(=O)O)C2)c1. The van der Waals surface area contributed by atoms with Gasteiger partial charge in [-0.25, -0.2) is 0 Å². The topological polar surface area (TPSA) is 76.1 Å². The molecular weight excluding hydrogens is 286 g/mol. The third-order valence-electron chi connectivity index (χ3n) is 3.91. The van der Waals surface area contributed by atoms with Crippen LogP contribution in [0.5, 0.6) is 5.75 Å². The standard InChI is InChI=1S/C16H21NO5/c1-3-22-13-6-4-5-12(9-13)14(18)17-8-7-16(10-17,11-21-2)15(19)20/h4-6,9H,3,7-8,10-11H2,1-2H3,(H,19,20). The van der Waals surface area contributed by atoms with Crippen LogP contribution >= 0.6 is 0 Å². The molecule has 1 unspecified atom stereocenters. The number of rotatable bonds is 6. The zero-order valence-corrected chi connectivity index (χ0v) is 12.9. The minimum absolute atomic E-state index is 0.102. The second-order valence-corrected chi connectivity index (χ2v) is 5.46. The number of likely N-dealkylation sites (tertiary alicyclic amines) is 1. The smallest absolute Gasteiger partial charge is 0.313 e. The maximum atomic E-state index is 12.6. The van der Waals surface area contributed by atoms with Crippen LogP contribution in [0.4, 0.5) is 0 Å². The first-order chi connectivity index (χ1) is 10.5. The third-order valence-corrected chi connectivity index (χ3v) is 3.91. The summed E-state index contributed by atoms with van der Waals surface area (Å²) in [7, 11) is 1.47. The zero-order valence-electron chi connectivity index (χ0n) is 12.9. The van der Waals surface area contributed by atoms with Gasteiger partial charge in [0.15, 0.2) is 0 Å². The lowest BCUT2D eigenvalue weighted by Gasteiger charge is -2.23. The summed E-state index contributed by atoms with van der Waals surface area (Å²) < 4.78 is 10.4. The molecule has 1 amide bonds. The van der Waals surface area contributed by atoms with Crippen molar-refractivity contribution in [1.82, 2.24) is 4.90 Å². The number of amides is 1. The molecule has 0 radical (unpaired) electrons. The summed E-state index contributed by atoms with van der Waals surface area (Å²) in [5, 5.41) is 9.44. The molecule has 1 aromatic rings. The zero-order chi connectivity index (χ0) is 16.2. The van der Waals surface area contributed by atoms with Crippen LogP contribution in [-0.2, 0) is 9.53 Å². The summed E-state index contributed by atoms with van der Waals surface area (Å²) in [6, 6.07) is 6.94. The predicted molar refractivity (Wildman–Crippen MR) is 80.1 cm³/mol. The lowest BCUT2D eigenvalue weighted by atomic mass is 9.88. The third kappa shape index (κ3) is 3.22. The Morgan fingerprint density at radius 2 is 2.18 bits per heavy atom. The van der Waals surface area contributed by atoms with Crippen LogP contribution in [-0.4, -0.2) is 55.3 Å². The van der Waals surface area contributed by atoms with Gasteiger partial charge in [-0.15, -0.1) is 0 Å². The van der Waals surface area contributed by atoms with Crippen molar-refractivity contribution in [2.75, 3.05) is 33.4 Å². The van der Waals surface area contributed by atoms with Crippen molar-refractivity contribution < 1.29 is 24.2 Å². The van der Waals surface area contributed by atoms with Gasteiger partial charge in [-0.05, 0) is 31.5 Å². The average molecular weight is 307 g/mol. The molecule has 1 heterocycles. The van der Waals surface area contributed by atoms with Crippen molar-refractivity contribution in [1.29, 1.82) is 0 Å². The molecule has 0 spiro atoms. The number of hydrogen-bond donors (Lipinski definition) is 1. The number of carboxylic acid groups (broad SMARTS) is 1. The van der Waals surface area contributed by atoms with Gasteiger partial charge in [0.25, 0.3) is 5.91 Å². The van der Waals surface area contributed by atoms with Crippen LogP contribution in [0.25, 0.3) is 0 Å². The van der Waals surface area contributed by atoms with Gasteiger partial charge in [0.2, 0.25) is 0 Å². The molecule has 1 fully saturated rings. The Balaban J connectivity index is 2.14. The van der Waals surface area contributed by atoms with Crippen LogP contribution in [0.2, 0.25) is 0 Å². The Hall–Kier alpha value is -2.08. The maximum Gasteiger partial charge on any atom is 0.313 e. The summed E-state index contributed by atoms with van der Waals surface area (Å²) in [4.78, 5) is 25.6. The minimum Gasteiger partial charge on any atom is -0.494 e. The Morgan fingerprint density at radius 3 is 2.82 bits per heavy atom. The molecule has 2 rings (SSSR count). The Labute approximate surface area is 129 Å². The minimum atomic E-state index is -1.01. The molecule has 1 aliphatic rings. The van der Waals surface area contributed by atoms with Gasteiger partial charge in [0.1, 0.15) is 11.2 Å². The number of hydrogen-bond acceptors (Lipinski definition) is 4. The van der Waals surface area contributed by atoms with E-state index in [0.717, 1.165) is 0 Å². The highest BCUT2D eigenvalue weighted by Crippen LogP contribution is 2.32. The Morgan fingerprint density at radius 1 is 1.41 bits per heavy atom. The summed E-state index contributed by atoms with van der Waals surface area (Å²) >= 11 is 0. The van der Waals surface area contributed by atoms with Gasteiger partial charge in [0, 0.05) is 25.8 Å². The molecule has 0 saturated carbocycles. The molecule has 0 aromatic heterocycles. The molecule has 0 bridgehead atoms. The normalized spacial score (nSPS) is 20.9. The second kappa shape index (κ2) is 6.79. The predicted octanol–water partition coefficient (Wildman–Crippen LogP) is 1.65. The second-order valence-electron chi connectivity index (χ2n) is 5.46. The van der Waals surface area contributed by atoms with Gasteiger partial charge >= 0.3 is 5.97 Å². The number of carbonyl (C=O) groups is 2. The molecule has 22 heavy (non-hydrogen) atoms. The van der Waals surface area contributed by atoms with E-state index in [1.54, 1.807) is 29.2 Å². The van der Waals surface area contributed by atoms with E-state index in [0.29, 0.717) is 30.9 Å². The van der Waals surface area contributed by atoms with Gasteiger partial charge in [0.05, 0.1) is 13.2 Å². The monoisotopic (exact) mass is 307 g/mol. The van der Waals surface area contributed by atoms with E-state index < -0.39 is 11.4 Å². The summed E-state index contributed by atoms with van der Waals surface area (Å²) in [5.41, 5.74) is -0.508. The largest absolute Gasteiger partial charge is 0.494 e. The molecule has 1 aromatic carbocycles. The van der Waals surface area contributed by atoms with Crippen molar-refractivity contribution in [3.63, 3.8) is 0 Å². The molecule has 120 valence electrons. The molecule has 1 aliphatic heterocycles. The maximum absolute atomic E-state index is 12.6. The number of aliphatic carboxylic acids is 1. The summed E-state index contributed by atoms with van der Waals surface area (Å²) in [6.07, 6.45) is 0.396. The van der Waals surface area contributed by atoms with Crippen molar-refractivity contribution in [2.24, 2.45) is 5.41 Å². The summed E-state index contributed by atoms with van der Waals surface area (Å²) in [5.74, 6) is -0.470. The van der Waals surface area contributed by atoms with Crippen LogP contribution in [0, 0.1) is 5.41 Å². The fourth-order valence-corrected chi connectivity index (χ4v) is 2.74. The average Bonchev–Trinajstić information content (AvgIpc) is 2.93. The van der Waals surface area contributed by atoms with E-state index in [1.165, 1.54) is 7.11 Å². The van der Waals surface area contributed by atoms with Crippen LogP contribution in [0.15, 0.2) is 24.3 Å². The van der Waals surface area contributed by atoms with E-state index in [9.17, 15) is 14.7 Å². The first-order valence-electron chi connectivity index (χ1n) is 7.27. The molecule has 1 saturated heterocycles. The quantitative estimate of drug-likeness (QED) is 0.865. The fraction of sp³-hybridized carbons (Fsp3) is 0.500. The molecule has 6 nitrogen and oxygen atoms in total. The number of carboxylic acids is 1. The van der Waals surface area contributed by atoms with Crippen LogP contribution in [0.1, 0.15) is 23.7 Å². The first kappa shape index (κ1) is 16.3. The molecule has 0 aliphatic carbocycles. The van der Waals surface area contributed by atoms with E-state index in [-0.39, 0.29) is 19.1 Å². The number of carbonyl (C=O) groups excluding carboxylic acids is 1. The van der Waals surface area contributed by atoms with Gasteiger partial charge in [-0.3, -0.25) is 9.59 Å². The number of methoxy groups -OCH3 is 1. The van der Waals surface area contributed by atoms with Gasteiger partial charge in [-0.1, -0.05) is 6.07 Å². The Kier molecular flexibility index (Phi) is 5.03. The van der Waals surface area contributed by atoms with Crippen molar-refractivity contribution in [3.05, 3.63) is 29.8 Å². The van der Waals surface area contributed by atoms with Crippen LogP contribution in [0.3, 0.4) is 0 Å². The molecule has 1 atom stereocenters. The number of ether oxygens (including phenoxy) is 2. The molecular formula is C16H21NO5. The fourth-order valence-electron chi connectivity index (χ4n) is 2.74. The first-order valence-corrected chi connectivity index (χ1v) is 7.27. The van der Waals surface area contributed by atoms with Crippen LogP contribution < -0.4 is 4.74 Å². The van der Waals surface area contributed by atoms with E-state index in [2.05, 4.69) is 0 Å². The lowest BCUT2D eigenvalue weighted by molar-refractivity contribution is -0.151. The Bertz CT molecular complexity index is 559. The van der Waals surface area contributed by atoms with Crippen molar-refractivity contribution in [2.45, 2.75) is 13.3 Å². The van der Waals surface area contributed by atoms with Gasteiger partial charge in [-0.2, -0.15) is 0 Å². The van der Waals surface area contributed by atoms with E-state index in [1.807, 2.05) is 6.92 Å². The number of nitrogens with zero attached hydrogens (tertiary/aromatic N) is 1. The lowest BCUT2D eigenvalue weighted by Crippen LogP contribution is -2.40.